The van der Waals surface area contributed by atoms with Crippen molar-refractivity contribution in [3.63, 3.8) is 0 Å². The maximum Gasteiger partial charge on any atom is 0.157 e. The van der Waals surface area contributed by atoms with Crippen LogP contribution in [0.5, 0.6) is 0 Å². The summed E-state index contributed by atoms with van der Waals surface area (Å²) in [4.78, 5) is 0. The van der Waals surface area contributed by atoms with Gasteiger partial charge in [-0.25, -0.2) is 0 Å². The summed E-state index contributed by atoms with van der Waals surface area (Å²) in [6, 6.07) is 0. The summed E-state index contributed by atoms with van der Waals surface area (Å²) in [5.41, 5.74) is 0.941. The van der Waals surface area contributed by atoms with E-state index in [1.54, 1.807) is 0 Å². The van der Waals surface area contributed by atoms with Gasteiger partial charge in [-0.1, -0.05) is 6.08 Å². The van der Waals surface area contributed by atoms with Crippen LogP contribution in [0.1, 0.15) is 26.2 Å². The zero-order chi connectivity index (χ0) is 9.52. The first-order chi connectivity index (χ1) is 6.33. The van der Waals surface area contributed by atoms with Gasteiger partial charge < -0.3 is 14.6 Å². The summed E-state index contributed by atoms with van der Waals surface area (Å²) < 4.78 is 10.8. The average molecular weight is 186 g/mol. The van der Waals surface area contributed by atoms with Gasteiger partial charge in [-0.2, -0.15) is 0 Å². The first-order valence-electron chi connectivity index (χ1n) is 4.82. The Morgan fingerprint density at radius 1 is 1.62 bits per heavy atom. The van der Waals surface area contributed by atoms with E-state index < -0.39 is 0 Å². The molecule has 1 aliphatic heterocycles. The Bertz CT molecular complexity index is 160. The van der Waals surface area contributed by atoms with Crippen LogP contribution in [0.25, 0.3) is 0 Å². The van der Waals surface area contributed by atoms with E-state index in [9.17, 15) is 0 Å². The van der Waals surface area contributed by atoms with Crippen molar-refractivity contribution in [2.45, 2.75) is 32.5 Å². The Kier molecular flexibility index (Phi) is 5.05. The average Bonchev–Trinajstić information content (AvgIpc) is 2.19. The molecule has 0 unspecified atom stereocenters. The van der Waals surface area contributed by atoms with Crippen molar-refractivity contribution in [2.75, 3.05) is 19.8 Å². The number of aliphatic hydroxyl groups excluding tert-OH is 1. The number of rotatable bonds is 4. The predicted molar refractivity (Wildman–Crippen MR) is 50.4 cm³/mol. The minimum atomic E-state index is -0.0310. The summed E-state index contributed by atoms with van der Waals surface area (Å²) in [7, 11) is 0. The zero-order valence-corrected chi connectivity index (χ0v) is 8.16. The maximum atomic E-state index is 8.72. The van der Waals surface area contributed by atoms with Gasteiger partial charge in [-0.3, -0.25) is 0 Å². The minimum Gasteiger partial charge on any atom is -0.392 e. The molecule has 1 heterocycles. The SMILES string of the molecule is C/C(=C\CO[C@@H]1CCCCO1)CO. The van der Waals surface area contributed by atoms with Gasteiger partial charge in [0.1, 0.15) is 0 Å². The van der Waals surface area contributed by atoms with E-state index in [0.29, 0.717) is 6.61 Å². The zero-order valence-electron chi connectivity index (χ0n) is 8.16. The number of hydrogen-bond donors (Lipinski definition) is 1. The normalized spacial score (nSPS) is 24.8. The van der Waals surface area contributed by atoms with Crippen molar-refractivity contribution in [2.24, 2.45) is 0 Å². The van der Waals surface area contributed by atoms with Crippen molar-refractivity contribution in [1.82, 2.24) is 0 Å². The smallest absolute Gasteiger partial charge is 0.157 e. The Hall–Kier alpha value is -0.380. The van der Waals surface area contributed by atoms with Crippen LogP contribution < -0.4 is 0 Å². The van der Waals surface area contributed by atoms with Gasteiger partial charge in [-0.15, -0.1) is 0 Å². The minimum absolute atomic E-state index is 0.0310. The second-order valence-corrected chi connectivity index (χ2v) is 3.34. The Balaban J connectivity index is 2.10. The summed E-state index contributed by atoms with van der Waals surface area (Å²) >= 11 is 0. The van der Waals surface area contributed by atoms with E-state index >= 15 is 0 Å². The lowest BCUT2D eigenvalue weighted by Crippen LogP contribution is -2.22. The fourth-order valence-electron chi connectivity index (χ4n) is 1.20. The lowest BCUT2D eigenvalue weighted by molar-refractivity contribution is -0.155. The van der Waals surface area contributed by atoms with Crippen LogP contribution in [-0.4, -0.2) is 31.2 Å². The molecule has 76 valence electrons. The van der Waals surface area contributed by atoms with Crippen LogP contribution in [0.15, 0.2) is 11.6 Å². The second kappa shape index (κ2) is 6.13. The topological polar surface area (TPSA) is 38.7 Å². The van der Waals surface area contributed by atoms with Crippen LogP contribution in [0.3, 0.4) is 0 Å². The van der Waals surface area contributed by atoms with E-state index in [0.717, 1.165) is 25.0 Å². The molecule has 0 saturated carbocycles. The molecule has 0 spiro atoms. The fourth-order valence-corrected chi connectivity index (χ4v) is 1.20. The lowest BCUT2D eigenvalue weighted by Gasteiger charge is -2.22. The molecule has 0 bridgehead atoms. The van der Waals surface area contributed by atoms with Gasteiger partial charge in [-0.05, 0) is 31.8 Å². The van der Waals surface area contributed by atoms with Gasteiger partial charge in [0.15, 0.2) is 6.29 Å². The standard InChI is InChI=1S/C10H18O3/c1-9(8-11)5-7-13-10-4-2-3-6-12-10/h5,10-11H,2-4,6-8H2,1H3/b9-5+/t10-/m1/s1. The van der Waals surface area contributed by atoms with Crippen molar-refractivity contribution < 1.29 is 14.6 Å². The van der Waals surface area contributed by atoms with E-state index in [1.807, 2.05) is 13.0 Å². The molecule has 3 nitrogen and oxygen atoms in total. The maximum absolute atomic E-state index is 8.72. The number of hydrogen-bond acceptors (Lipinski definition) is 3. The van der Waals surface area contributed by atoms with E-state index in [2.05, 4.69) is 0 Å². The molecule has 1 rings (SSSR count). The Morgan fingerprint density at radius 2 is 2.46 bits per heavy atom. The highest BCUT2D eigenvalue weighted by atomic mass is 16.7. The molecule has 0 aromatic rings. The molecule has 3 heteroatoms. The fraction of sp³-hybridized carbons (Fsp3) is 0.800. The molecular formula is C10H18O3. The Labute approximate surface area is 79.3 Å². The van der Waals surface area contributed by atoms with Gasteiger partial charge in [0.2, 0.25) is 0 Å². The van der Waals surface area contributed by atoms with Crippen LogP contribution in [0.4, 0.5) is 0 Å². The summed E-state index contributed by atoms with van der Waals surface area (Å²) in [5, 5.41) is 8.72. The van der Waals surface area contributed by atoms with Crippen LogP contribution in [0, 0.1) is 0 Å². The monoisotopic (exact) mass is 186 g/mol. The lowest BCUT2D eigenvalue weighted by atomic mass is 10.2. The molecule has 0 aromatic carbocycles. The third kappa shape index (κ3) is 4.41. The van der Waals surface area contributed by atoms with Crippen molar-refractivity contribution >= 4 is 0 Å². The quantitative estimate of drug-likeness (QED) is 0.676. The largest absolute Gasteiger partial charge is 0.392 e. The van der Waals surface area contributed by atoms with Gasteiger partial charge >= 0.3 is 0 Å². The van der Waals surface area contributed by atoms with Crippen LogP contribution in [0.2, 0.25) is 0 Å². The van der Waals surface area contributed by atoms with E-state index in [4.69, 9.17) is 14.6 Å². The van der Waals surface area contributed by atoms with E-state index in [1.165, 1.54) is 6.42 Å². The van der Waals surface area contributed by atoms with Crippen molar-refractivity contribution in [1.29, 1.82) is 0 Å². The number of aliphatic hydroxyl groups is 1. The van der Waals surface area contributed by atoms with Crippen molar-refractivity contribution in [3.05, 3.63) is 11.6 Å². The predicted octanol–water partition coefficient (Wildman–Crippen LogP) is 1.47. The van der Waals surface area contributed by atoms with Crippen LogP contribution in [-0.2, 0) is 9.47 Å². The molecule has 13 heavy (non-hydrogen) atoms. The van der Waals surface area contributed by atoms with Crippen molar-refractivity contribution in [3.8, 4) is 0 Å². The highest BCUT2D eigenvalue weighted by Crippen LogP contribution is 2.13. The third-order valence-corrected chi connectivity index (χ3v) is 2.10. The van der Waals surface area contributed by atoms with E-state index in [-0.39, 0.29) is 12.9 Å². The summed E-state index contributed by atoms with van der Waals surface area (Å²) in [5.74, 6) is 0. The third-order valence-electron chi connectivity index (χ3n) is 2.10. The first-order valence-corrected chi connectivity index (χ1v) is 4.82. The molecule has 0 aliphatic carbocycles. The molecule has 1 atom stereocenters. The van der Waals surface area contributed by atoms with Gasteiger partial charge in [0.05, 0.1) is 13.2 Å². The Morgan fingerprint density at radius 3 is 3.08 bits per heavy atom. The van der Waals surface area contributed by atoms with Gasteiger partial charge in [0, 0.05) is 6.61 Å². The molecule has 0 aromatic heterocycles. The summed E-state index contributed by atoms with van der Waals surface area (Å²) in [6.07, 6.45) is 5.18. The molecule has 1 N–H and O–H groups in total. The molecule has 1 saturated heterocycles. The first kappa shape index (κ1) is 10.7. The molecule has 0 amide bonds. The van der Waals surface area contributed by atoms with Crippen LogP contribution >= 0.6 is 0 Å². The molecular weight excluding hydrogens is 168 g/mol. The highest BCUT2D eigenvalue weighted by molar-refractivity contribution is 4.97. The molecule has 0 radical (unpaired) electrons. The number of ether oxygens (including phenoxy) is 2. The molecule has 1 aliphatic rings. The summed E-state index contributed by atoms with van der Waals surface area (Å²) in [6.45, 7) is 3.34. The second-order valence-electron chi connectivity index (χ2n) is 3.34. The highest BCUT2D eigenvalue weighted by Gasteiger charge is 2.12. The van der Waals surface area contributed by atoms with Gasteiger partial charge in [0.25, 0.3) is 0 Å². The molecule has 1 fully saturated rings.